The number of nitrogens with zero attached hydrogens (tertiary/aromatic N) is 2. The average molecular weight is 396 g/mol. The van der Waals surface area contributed by atoms with Crippen LogP contribution in [0.15, 0.2) is 53.7 Å². The average Bonchev–Trinajstić information content (AvgIpc) is 3.16. The molecular formula is C23H25FN2O3. The second-order valence-corrected chi connectivity index (χ2v) is 7.67. The van der Waals surface area contributed by atoms with Crippen LogP contribution in [0, 0.1) is 11.7 Å². The quantitative estimate of drug-likeness (QED) is 0.706. The normalized spacial score (nSPS) is 18.6. The highest BCUT2D eigenvalue weighted by molar-refractivity contribution is 6.01. The maximum atomic E-state index is 13.2. The first-order valence-corrected chi connectivity index (χ1v) is 10.0. The molecule has 0 bridgehead atoms. The molecule has 5 nitrogen and oxygen atoms in total. The Morgan fingerprint density at radius 3 is 2.52 bits per heavy atom. The van der Waals surface area contributed by atoms with Crippen LogP contribution in [0.25, 0.3) is 0 Å². The molecule has 0 unspecified atom stereocenters. The zero-order chi connectivity index (χ0) is 20.2. The highest BCUT2D eigenvalue weighted by Crippen LogP contribution is 2.30. The van der Waals surface area contributed by atoms with Crippen molar-refractivity contribution in [2.75, 3.05) is 13.7 Å². The lowest BCUT2D eigenvalue weighted by Gasteiger charge is -2.32. The lowest BCUT2D eigenvalue weighted by Crippen LogP contribution is -2.42. The number of ether oxygens (including phenoxy) is 1. The van der Waals surface area contributed by atoms with E-state index in [4.69, 9.17) is 9.57 Å². The minimum Gasteiger partial charge on any atom is -0.497 e. The van der Waals surface area contributed by atoms with Crippen molar-refractivity contribution in [2.24, 2.45) is 11.1 Å². The molecule has 6 heteroatoms. The molecule has 4 rings (SSSR count). The van der Waals surface area contributed by atoms with Crippen LogP contribution < -0.4 is 4.74 Å². The second-order valence-electron chi connectivity index (χ2n) is 7.67. The first-order valence-electron chi connectivity index (χ1n) is 10.0. The van der Waals surface area contributed by atoms with Gasteiger partial charge in [-0.05, 0) is 60.4 Å². The van der Waals surface area contributed by atoms with E-state index in [0.717, 1.165) is 41.9 Å². The van der Waals surface area contributed by atoms with E-state index in [1.54, 1.807) is 19.2 Å². The summed E-state index contributed by atoms with van der Waals surface area (Å²) < 4.78 is 18.4. The summed E-state index contributed by atoms with van der Waals surface area (Å²) >= 11 is 0. The summed E-state index contributed by atoms with van der Waals surface area (Å²) in [5, 5.41) is 4.24. The maximum Gasteiger partial charge on any atom is 0.226 e. The molecule has 1 saturated carbocycles. The molecule has 29 heavy (non-hydrogen) atoms. The molecule has 2 aromatic carbocycles. The predicted octanol–water partition coefficient (Wildman–Crippen LogP) is 4.16. The summed E-state index contributed by atoms with van der Waals surface area (Å²) in [5.41, 5.74) is 2.77. The third kappa shape index (κ3) is 4.58. The molecule has 1 atom stereocenters. The zero-order valence-corrected chi connectivity index (χ0v) is 16.5. The number of oxime groups is 1. The molecule has 0 radical (unpaired) electrons. The summed E-state index contributed by atoms with van der Waals surface area (Å²) in [5.74, 6) is 0.768. The van der Waals surface area contributed by atoms with Gasteiger partial charge in [-0.3, -0.25) is 4.79 Å². The third-order valence-electron chi connectivity index (χ3n) is 5.63. The van der Waals surface area contributed by atoms with Crippen molar-refractivity contribution in [1.82, 2.24) is 4.90 Å². The van der Waals surface area contributed by atoms with Gasteiger partial charge >= 0.3 is 0 Å². The van der Waals surface area contributed by atoms with Gasteiger partial charge in [-0.15, -0.1) is 0 Å². The van der Waals surface area contributed by atoms with Crippen LogP contribution in [0.4, 0.5) is 4.39 Å². The number of carbonyl (C=O) groups excluding carboxylic acids is 1. The van der Waals surface area contributed by atoms with Crippen LogP contribution in [-0.2, 0) is 16.2 Å². The lowest BCUT2D eigenvalue weighted by atomic mass is 9.84. The fourth-order valence-electron chi connectivity index (χ4n) is 3.68. The van der Waals surface area contributed by atoms with E-state index in [9.17, 15) is 9.18 Å². The summed E-state index contributed by atoms with van der Waals surface area (Å²) in [7, 11) is 1.63. The number of benzene rings is 2. The van der Waals surface area contributed by atoms with Crippen LogP contribution in [-0.4, -0.2) is 36.3 Å². The van der Waals surface area contributed by atoms with Gasteiger partial charge in [0.2, 0.25) is 5.91 Å². The second kappa shape index (κ2) is 8.64. The van der Waals surface area contributed by atoms with E-state index in [1.165, 1.54) is 12.1 Å². The molecule has 0 saturated heterocycles. The molecule has 2 aromatic rings. The standard InChI is InChI=1S/C23H25FN2O3/c1-28-20-11-7-17(8-12-20)22-13-21(29-25-22)15-26(23(27)18-3-2-4-18)14-16-5-9-19(24)10-6-16/h5-12,18,21H,2-4,13-15H2,1H3/t21-/m0/s1. The van der Waals surface area contributed by atoms with Crippen LogP contribution in [0.5, 0.6) is 5.75 Å². The molecule has 1 heterocycles. The molecule has 0 spiro atoms. The summed E-state index contributed by atoms with van der Waals surface area (Å²) in [6, 6.07) is 14.0. The zero-order valence-electron chi connectivity index (χ0n) is 16.5. The Hall–Kier alpha value is -2.89. The van der Waals surface area contributed by atoms with Crippen molar-refractivity contribution in [3.05, 3.63) is 65.5 Å². The first-order chi connectivity index (χ1) is 14.1. The molecule has 2 aliphatic rings. The minimum absolute atomic E-state index is 0.0961. The number of hydrogen-bond acceptors (Lipinski definition) is 4. The number of halogens is 1. The summed E-state index contributed by atoms with van der Waals surface area (Å²) in [6.45, 7) is 0.920. The van der Waals surface area contributed by atoms with E-state index < -0.39 is 0 Å². The molecule has 1 fully saturated rings. The number of hydrogen-bond donors (Lipinski definition) is 0. The van der Waals surface area contributed by atoms with Gasteiger partial charge in [0, 0.05) is 18.9 Å². The monoisotopic (exact) mass is 396 g/mol. The Bertz CT molecular complexity index is 876. The molecular weight excluding hydrogens is 371 g/mol. The summed E-state index contributed by atoms with van der Waals surface area (Å²) in [6.07, 6.45) is 3.45. The lowest BCUT2D eigenvalue weighted by molar-refractivity contribution is -0.140. The molecule has 1 aliphatic heterocycles. The van der Waals surface area contributed by atoms with Gasteiger partial charge in [0.15, 0.2) is 6.10 Å². The van der Waals surface area contributed by atoms with Crippen LogP contribution >= 0.6 is 0 Å². The van der Waals surface area contributed by atoms with E-state index in [2.05, 4.69) is 5.16 Å². The van der Waals surface area contributed by atoms with Gasteiger partial charge in [0.05, 0.1) is 19.4 Å². The minimum atomic E-state index is -0.276. The van der Waals surface area contributed by atoms with Gasteiger partial charge < -0.3 is 14.5 Å². The third-order valence-corrected chi connectivity index (χ3v) is 5.63. The Balaban J connectivity index is 1.42. The largest absolute Gasteiger partial charge is 0.497 e. The fraction of sp³-hybridized carbons (Fsp3) is 0.391. The molecule has 0 N–H and O–H groups in total. The van der Waals surface area contributed by atoms with E-state index in [0.29, 0.717) is 19.5 Å². The maximum absolute atomic E-state index is 13.2. The number of methoxy groups -OCH3 is 1. The Labute approximate surface area is 170 Å². The van der Waals surface area contributed by atoms with Crippen molar-refractivity contribution in [3.63, 3.8) is 0 Å². The van der Waals surface area contributed by atoms with Gasteiger partial charge in [-0.25, -0.2) is 4.39 Å². The highest BCUT2D eigenvalue weighted by Gasteiger charge is 2.33. The van der Waals surface area contributed by atoms with Crippen molar-refractivity contribution in [2.45, 2.75) is 38.3 Å². The molecule has 0 aromatic heterocycles. The van der Waals surface area contributed by atoms with Gasteiger partial charge in [0.25, 0.3) is 0 Å². The predicted molar refractivity (Wildman–Crippen MR) is 108 cm³/mol. The smallest absolute Gasteiger partial charge is 0.226 e. The number of rotatable bonds is 7. The Morgan fingerprint density at radius 1 is 1.17 bits per heavy atom. The Morgan fingerprint density at radius 2 is 1.90 bits per heavy atom. The molecule has 1 amide bonds. The summed E-state index contributed by atoms with van der Waals surface area (Å²) in [4.78, 5) is 20.4. The molecule has 1 aliphatic carbocycles. The van der Waals surface area contributed by atoms with E-state index in [-0.39, 0.29) is 23.7 Å². The number of carbonyl (C=O) groups is 1. The van der Waals surface area contributed by atoms with E-state index in [1.807, 2.05) is 29.2 Å². The first kappa shape index (κ1) is 19.4. The van der Waals surface area contributed by atoms with Gasteiger partial charge in [0.1, 0.15) is 11.6 Å². The highest BCUT2D eigenvalue weighted by atomic mass is 19.1. The topological polar surface area (TPSA) is 51.1 Å². The fourth-order valence-corrected chi connectivity index (χ4v) is 3.68. The van der Waals surface area contributed by atoms with Crippen molar-refractivity contribution in [1.29, 1.82) is 0 Å². The van der Waals surface area contributed by atoms with Crippen molar-refractivity contribution in [3.8, 4) is 5.75 Å². The Kier molecular flexibility index (Phi) is 5.79. The van der Waals surface area contributed by atoms with E-state index >= 15 is 0 Å². The van der Waals surface area contributed by atoms with Crippen molar-refractivity contribution >= 4 is 11.6 Å². The van der Waals surface area contributed by atoms with Crippen LogP contribution in [0.2, 0.25) is 0 Å². The van der Waals surface area contributed by atoms with Gasteiger partial charge in [-0.1, -0.05) is 23.7 Å². The van der Waals surface area contributed by atoms with Crippen LogP contribution in [0.1, 0.15) is 36.8 Å². The van der Waals surface area contributed by atoms with Crippen molar-refractivity contribution < 1.29 is 18.8 Å². The molecule has 152 valence electrons. The van der Waals surface area contributed by atoms with Crippen LogP contribution in [0.3, 0.4) is 0 Å². The van der Waals surface area contributed by atoms with Gasteiger partial charge in [-0.2, -0.15) is 0 Å². The SMILES string of the molecule is COc1ccc(C2=NO[C@H](CN(Cc3ccc(F)cc3)C(=O)C3CCC3)C2)cc1. The number of amides is 1.